The number of hydrogen-bond donors (Lipinski definition) is 0. The standard InChI is InChI=1S/C14H11ClF3N3O/c15-12-7-19-10-5-8-1-3-21(13(22)14(16,17)18)4-2-9(8)6-11(10)20-12/h5-7H,1-4H2. The SMILES string of the molecule is O=C(N1CCc2cc3ncc(Cl)nc3cc2CC1)C(F)(F)F. The number of amides is 1. The van der Waals surface area contributed by atoms with Crippen LogP contribution in [0.25, 0.3) is 11.0 Å². The lowest BCUT2D eigenvalue weighted by Crippen LogP contribution is -2.42. The Kier molecular flexibility index (Phi) is 3.68. The Bertz CT molecular complexity index is 748. The maximum Gasteiger partial charge on any atom is 0.471 e. The van der Waals surface area contributed by atoms with Crippen LogP contribution in [-0.2, 0) is 17.6 Å². The van der Waals surface area contributed by atoms with Gasteiger partial charge in [-0.05, 0) is 36.1 Å². The number of carbonyl (C=O) groups excluding carboxylic acids is 1. The van der Waals surface area contributed by atoms with E-state index in [2.05, 4.69) is 9.97 Å². The molecule has 4 nitrogen and oxygen atoms in total. The maximum atomic E-state index is 12.5. The van der Waals surface area contributed by atoms with Gasteiger partial charge >= 0.3 is 12.1 Å². The summed E-state index contributed by atoms with van der Waals surface area (Å²) in [6.45, 7) is 0.0721. The molecule has 0 saturated carbocycles. The molecular formula is C14H11ClF3N3O. The molecule has 22 heavy (non-hydrogen) atoms. The van der Waals surface area contributed by atoms with Crippen LogP contribution < -0.4 is 0 Å². The zero-order valence-electron chi connectivity index (χ0n) is 11.3. The molecule has 0 bridgehead atoms. The van der Waals surface area contributed by atoms with Crippen LogP contribution in [0, 0.1) is 0 Å². The highest BCUT2D eigenvalue weighted by Gasteiger charge is 2.42. The van der Waals surface area contributed by atoms with Crippen molar-refractivity contribution in [2.75, 3.05) is 13.1 Å². The minimum Gasteiger partial charge on any atom is -0.334 e. The van der Waals surface area contributed by atoms with E-state index in [9.17, 15) is 18.0 Å². The van der Waals surface area contributed by atoms with Crippen LogP contribution in [-0.4, -0.2) is 40.0 Å². The average molecular weight is 330 g/mol. The number of hydrogen-bond acceptors (Lipinski definition) is 3. The molecule has 3 rings (SSSR count). The zero-order chi connectivity index (χ0) is 15.9. The lowest BCUT2D eigenvalue weighted by Gasteiger charge is -2.21. The lowest BCUT2D eigenvalue weighted by atomic mass is 10.0. The van der Waals surface area contributed by atoms with Gasteiger partial charge in [0, 0.05) is 13.1 Å². The number of halogens is 4. The molecule has 1 aromatic carbocycles. The fourth-order valence-electron chi connectivity index (χ4n) is 2.59. The second-order valence-corrected chi connectivity index (χ2v) is 5.48. The van der Waals surface area contributed by atoms with E-state index in [-0.39, 0.29) is 18.2 Å². The van der Waals surface area contributed by atoms with Gasteiger partial charge in [0.1, 0.15) is 5.15 Å². The van der Waals surface area contributed by atoms with E-state index in [0.717, 1.165) is 16.0 Å². The van der Waals surface area contributed by atoms with Crippen LogP contribution in [0.5, 0.6) is 0 Å². The molecule has 0 atom stereocenters. The number of rotatable bonds is 0. The molecular weight excluding hydrogens is 319 g/mol. The van der Waals surface area contributed by atoms with Crippen molar-refractivity contribution in [1.82, 2.24) is 14.9 Å². The summed E-state index contributed by atoms with van der Waals surface area (Å²) >= 11 is 5.80. The molecule has 8 heteroatoms. The van der Waals surface area contributed by atoms with Gasteiger partial charge in [0.25, 0.3) is 0 Å². The zero-order valence-corrected chi connectivity index (χ0v) is 12.1. The van der Waals surface area contributed by atoms with Crippen LogP contribution >= 0.6 is 11.6 Å². The van der Waals surface area contributed by atoms with E-state index in [4.69, 9.17) is 11.6 Å². The summed E-state index contributed by atoms with van der Waals surface area (Å²) in [5.41, 5.74) is 3.00. The monoisotopic (exact) mass is 329 g/mol. The highest BCUT2D eigenvalue weighted by atomic mass is 35.5. The molecule has 116 valence electrons. The summed E-state index contributed by atoms with van der Waals surface area (Å²) < 4.78 is 37.6. The molecule has 2 heterocycles. The summed E-state index contributed by atoms with van der Waals surface area (Å²) in [5.74, 6) is -1.79. The van der Waals surface area contributed by atoms with Crippen LogP contribution in [0.1, 0.15) is 11.1 Å². The molecule has 1 aliphatic rings. The van der Waals surface area contributed by atoms with Crippen molar-refractivity contribution < 1.29 is 18.0 Å². The summed E-state index contributed by atoms with van der Waals surface area (Å²) in [5, 5.41) is 0.259. The van der Waals surface area contributed by atoms with Gasteiger partial charge in [0.2, 0.25) is 0 Å². The molecule has 0 spiro atoms. The summed E-state index contributed by atoms with van der Waals surface area (Å²) in [6, 6.07) is 3.58. The Morgan fingerprint density at radius 1 is 1.14 bits per heavy atom. The Morgan fingerprint density at radius 2 is 1.73 bits per heavy atom. The smallest absolute Gasteiger partial charge is 0.334 e. The van der Waals surface area contributed by atoms with Gasteiger partial charge in [-0.3, -0.25) is 9.78 Å². The first-order valence-corrected chi connectivity index (χ1v) is 7.02. The predicted molar refractivity (Wildman–Crippen MR) is 74.6 cm³/mol. The van der Waals surface area contributed by atoms with E-state index in [1.807, 2.05) is 0 Å². The van der Waals surface area contributed by atoms with Crippen molar-refractivity contribution in [3.63, 3.8) is 0 Å². The van der Waals surface area contributed by atoms with Crippen molar-refractivity contribution in [3.8, 4) is 0 Å². The van der Waals surface area contributed by atoms with E-state index in [1.165, 1.54) is 6.20 Å². The van der Waals surface area contributed by atoms with Crippen molar-refractivity contribution >= 4 is 28.5 Å². The molecule has 0 aliphatic carbocycles. The van der Waals surface area contributed by atoms with E-state index in [0.29, 0.717) is 23.9 Å². The normalized spacial score (nSPS) is 15.5. The molecule has 0 N–H and O–H groups in total. The second-order valence-electron chi connectivity index (χ2n) is 5.09. The highest BCUT2D eigenvalue weighted by molar-refractivity contribution is 6.29. The minimum atomic E-state index is -4.84. The van der Waals surface area contributed by atoms with Gasteiger partial charge in [-0.2, -0.15) is 13.2 Å². The van der Waals surface area contributed by atoms with Crippen LogP contribution in [0.4, 0.5) is 13.2 Å². The first-order valence-electron chi connectivity index (χ1n) is 6.65. The van der Waals surface area contributed by atoms with Gasteiger partial charge in [-0.15, -0.1) is 0 Å². The summed E-state index contributed by atoms with van der Waals surface area (Å²) in [6.07, 6.45) is -2.71. The number of benzene rings is 1. The second kappa shape index (κ2) is 5.39. The number of carbonyl (C=O) groups is 1. The fourth-order valence-corrected chi connectivity index (χ4v) is 2.73. The Labute approximate surface area is 128 Å². The highest BCUT2D eigenvalue weighted by Crippen LogP contribution is 2.25. The van der Waals surface area contributed by atoms with Gasteiger partial charge in [0.15, 0.2) is 0 Å². The topological polar surface area (TPSA) is 46.1 Å². The predicted octanol–water partition coefficient (Wildman–Crippen LogP) is 2.77. The molecule has 0 unspecified atom stereocenters. The number of alkyl halides is 3. The van der Waals surface area contributed by atoms with Crippen LogP contribution in [0.3, 0.4) is 0 Å². The first kappa shape index (κ1) is 15.0. The maximum absolute atomic E-state index is 12.5. The fraction of sp³-hybridized carbons (Fsp3) is 0.357. The molecule has 0 saturated heterocycles. The quantitative estimate of drug-likeness (QED) is 0.746. The van der Waals surface area contributed by atoms with E-state index in [1.54, 1.807) is 12.1 Å². The molecule has 0 radical (unpaired) electrons. The summed E-state index contributed by atoms with van der Waals surface area (Å²) in [4.78, 5) is 20.5. The van der Waals surface area contributed by atoms with Gasteiger partial charge < -0.3 is 4.90 Å². The lowest BCUT2D eigenvalue weighted by molar-refractivity contribution is -0.185. The van der Waals surface area contributed by atoms with Crippen LogP contribution in [0.15, 0.2) is 18.3 Å². The molecule has 0 fully saturated rings. The van der Waals surface area contributed by atoms with Crippen molar-refractivity contribution in [1.29, 1.82) is 0 Å². The summed E-state index contributed by atoms with van der Waals surface area (Å²) in [7, 11) is 0. The largest absolute Gasteiger partial charge is 0.471 e. The average Bonchev–Trinajstić information content (AvgIpc) is 2.65. The van der Waals surface area contributed by atoms with Crippen molar-refractivity contribution in [2.45, 2.75) is 19.0 Å². The van der Waals surface area contributed by atoms with Gasteiger partial charge in [-0.25, -0.2) is 4.98 Å². The van der Waals surface area contributed by atoms with E-state index < -0.39 is 12.1 Å². The van der Waals surface area contributed by atoms with E-state index >= 15 is 0 Å². The third kappa shape index (κ3) is 2.85. The minimum absolute atomic E-state index is 0.0326. The van der Waals surface area contributed by atoms with Gasteiger partial charge in [-0.1, -0.05) is 11.6 Å². The van der Waals surface area contributed by atoms with Crippen LogP contribution in [0.2, 0.25) is 5.15 Å². The first-order chi connectivity index (χ1) is 10.3. The molecule has 1 amide bonds. The third-order valence-corrected chi connectivity index (χ3v) is 3.85. The Hall–Kier alpha value is -1.89. The number of nitrogens with zero attached hydrogens (tertiary/aromatic N) is 3. The third-order valence-electron chi connectivity index (χ3n) is 3.67. The molecule has 1 aliphatic heterocycles. The molecule has 1 aromatic heterocycles. The van der Waals surface area contributed by atoms with Crippen molar-refractivity contribution in [3.05, 3.63) is 34.6 Å². The number of aromatic nitrogens is 2. The Balaban J connectivity index is 1.91. The molecule has 2 aromatic rings. The van der Waals surface area contributed by atoms with Crippen molar-refractivity contribution in [2.24, 2.45) is 0 Å². The number of fused-ring (bicyclic) bond motifs is 2. The van der Waals surface area contributed by atoms with Gasteiger partial charge in [0.05, 0.1) is 17.2 Å². The Morgan fingerprint density at radius 3 is 2.32 bits per heavy atom.